The van der Waals surface area contributed by atoms with E-state index in [0.717, 1.165) is 0 Å². The quantitative estimate of drug-likeness (QED) is 0.251. The number of rotatable bonds is 9. The van der Waals surface area contributed by atoms with Crippen molar-refractivity contribution in [2.75, 3.05) is 14.2 Å². The molecular formula is C20H19ClF2N2O5. The van der Waals surface area contributed by atoms with E-state index in [1.54, 1.807) is 37.3 Å². The molecular weight excluding hydrogens is 422 g/mol. The Kier molecular flexibility index (Phi) is 8.11. The molecule has 30 heavy (non-hydrogen) atoms. The third-order valence-corrected chi connectivity index (χ3v) is 3.82. The first kappa shape index (κ1) is 23.1. The maximum Gasteiger partial charge on any atom is 0.487 e. The van der Waals surface area contributed by atoms with Crippen LogP contribution in [0.4, 0.5) is 8.78 Å². The van der Waals surface area contributed by atoms with Gasteiger partial charge in [0.05, 0.1) is 12.8 Å². The Labute approximate surface area is 176 Å². The molecule has 0 bridgehead atoms. The average molecular weight is 441 g/mol. The van der Waals surface area contributed by atoms with Crippen molar-refractivity contribution in [3.63, 3.8) is 0 Å². The van der Waals surface area contributed by atoms with Crippen LogP contribution in [0.2, 0.25) is 0 Å². The Hall–Kier alpha value is -3.20. The monoisotopic (exact) mass is 440 g/mol. The zero-order valence-corrected chi connectivity index (χ0v) is 17.2. The van der Waals surface area contributed by atoms with E-state index in [9.17, 15) is 13.6 Å². The minimum Gasteiger partial charge on any atom is -0.464 e. The fraction of sp³-hybridized carbons (Fsp3) is 0.250. The zero-order valence-electron chi connectivity index (χ0n) is 16.4. The van der Waals surface area contributed by atoms with Gasteiger partial charge in [0.2, 0.25) is 0 Å². The molecule has 0 atom stereocenters. The number of hydrogen-bond donors (Lipinski definition) is 0. The Balaban J connectivity index is 2.17. The summed E-state index contributed by atoms with van der Waals surface area (Å²) in [4.78, 5) is 22.1. The molecule has 2 rings (SSSR count). The molecule has 0 aliphatic rings. The molecule has 0 amide bonds. The molecule has 0 unspecified atom stereocenters. The summed E-state index contributed by atoms with van der Waals surface area (Å²) in [5, 5.41) is 7.71. The minimum atomic E-state index is -3.81. The van der Waals surface area contributed by atoms with Gasteiger partial charge in [-0.1, -0.05) is 46.7 Å². The summed E-state index contributed by atoms with van der Waals surface area (Å²) in [5.74, 6) is -0.789. The molecule has 0 saturated carbocycles. The highest BCUT2D eigenvalue weighted by Gasteiger charge is 2.27. The Bertz CT molecular complexity index is 945. The van der Waals surface area contributed by atoms with Gasteiger partial charge >= 0.3 is 11.5 Å². The van der Waals surface area contributed by atoms with Crippen molar-refractivity contribution in [1.29, 1.82) is 0 Å². The maximum atomic E-state index is 12.8. The van der Waals surface area contributed by atoms with Gasteiger partial charge in [0.1, 0.15) is 19.5 Å². The molecule has 0 spiro atoms. The number of ether oxygens (including phenoxy) is 2. The number of esters is 1. The van der Waals surface area contributed by atoms with E-state index < -0.39 is 11.5 Å². The first-order valence-corrected chi connectivity index (χ1v) is 8.93. The predicted octanol–water partition coefficient (Wildman–Crippen LogP) is 4.32. The molecule has 0 radical (unpaired) electrons. The molecule has 2 aromatic carbocycles. The molecule has 0 saturated heterocycles. The number of alkyl halides is 3. The summed E-state index contributed by atoms with van der Waals surface area (Å²) in [7, 11) is 2.55. The van der Waals surface area contributed by atoms with Gasteiger partial charge in [0.15, 0.2) is 5.71 Å². The number of oxime groups is 2. The summed E-state index contributed by atoms with van der Waals surface area (Å²) in [6, 6.07) is 12.7. The van der Waals surface area contributed by atoms with Crippen LogP contribution >= 0.6 is 11.6 Å². The largest absolute Gasteiger partial charge is 0.487 e. The minimum absolute atomic E-state index is 0.00316. The topological polar surface area (TPSA) is 78.7 Å². The molecule has 0 N–H and O–H groups in total. The second kappa shape index (κ2) is 10.5. The number of methoxy groups -OCH3 is 1. The second-order valence-corrected chi connectivity index (χ2v) is 6.24. The van der Waals surface area contributed by atoms with Crippen molar-refractivity contribution in [3.05, 3.63) is 65.2 Å². The van der Waals surface area contributed by atoms with Crippen LogP contribution in [0.5, 0.6) is 5.75 Å². The fourth-order valence-electron chi connectivity index (χ4n) is 2.43. The highest BCUT2D eigenvalue weighted by atomic mass is 35.5. The Morgan fingerprint density at radius 2 is 1.83 bits per heavy atom. The number of carbonyl (C=O) groups excluding carboxylic acids is 1. The van der Waals surface area contributed by atoms with Gasteiger partial charge in [-0.15, -0.1) is 8.78 Å². The van der Waals surface area contributed by atoms with E-state index in [0.29, 0.717) is 22.4 Å². The van der Waals surface area contributed by atoms with Gasteiger partial charge in [-0.2, -0.15) is 0 Å². The maximum absolute atomic E-state index is 12.8. The first-order valence-electron chi connectivity index (χ1n) is 8.55. The summed E-state index contributed by atoms with van der Waals surface area (Å²) in [6.07, 6.45) is 0. The molecule has 10 heteroatoms. The van der Waals surface area contributed by atoms with Gasteiger partial charge < -0.3 is 19.1 Å². The van der Waals surface area contributed by atoms with Crippen LogP contribution in [0.15, 0.2) is 58.8 Å². The van der Waals surface area contributed by atoms with E-state index in [-0.39, 0.29) is 18.1 Å². The van der Waals surface area contributed by atoms with Crippen molar-refractivity contribution in [2.24, 2.45) is 10.3 Å². The van der Waals surface area contributed by atoms with Crippen LogP contribution < -0.4 is 4.74 Å². The van der Waals surface area contributed by atoms with Crippen LogP contribution in [0.25, 0.3) is 0 Å². The average Bonchev–Trinajstić information content (AvgIpc) is 2.71. The van der Waals surface area contributed by atoms with Crippen LogP contribution in [0, 0.1) is 0 Å². The number of hydrogen-bond acceptors (Lipinski definition) is 7. The number of halogens is 3. The lowest BCUT2D eigenvalue weighted by molar-refractivity contribution is -0.132. The highest BCUT2D eigenvalue weighted by Crippen LogP contribution is 2.25. The van der Waals surface area contributed by atoms with Crippen molar-refractivity contribution < 1.29 is 32.7 Å². The summed E-state index contributed by atoms with van der Waals surface area (Å²) >= 11 is 4.78. The summed E-state index contributed by atoms with van der Waals surface area (Å²) in [6.45, 7) is 1.64. The number of nitrogens with zero attached hydrogens (tertiary/aromatic N) is 2. The van der Waals surface area contributed by atoms with Gasteiger partial charge in [-0.3, -0.25) is 0 Å². The molecule has 0 aromatic heterocycles. The summed E-state index contributed by atoms with van der Waals surface area (Å²) < 4.78 is 34.7. The van der Waals surface area contributed by atoms with E-state index >= 15 is 0 Å². The van der Waals surface area contributed by atoms with Crippen molar-refractivity contribution in [3.8, 4) is 5.75 Å². The number of benzene rings is 2. The van der Waals surface area contributed by atoms with Crippen LogP contribution in [-0.2, 0) is 25.8 Å². The second-order valence-electron chi connectivity index (χ2n) is 5.80. The zero-order chi connectivity index (χ0) is 22.1. The molecule has 0 fully saturated rings. The molecule has 2 aromatic rings. The van der Waals surface area contributed by atoms with Gasteiger partial charge in [0, 0.05) is 28.3 Å². The molecule has 0 aliphatic carbocycles. The van der Waals surface area contributed by atoms with E-state index in [1.165, 1.54) is 32.4 Å². The number of carbonyl (C=O) groups is 1. The summed E-state index contributed by atoms with van der Waals surface area (Å²) in [5.41, 5.74) is -1.86. The van der Waals surface area contributed by atoms with Gasteiger partial charge in [0.25, 0.3) is 0 Å². The van der Waals surface area contributed by atoms with Crippen molar-refractivity contribution in [1.82, 2.24) is 0 Å². The standard InChI is InChI=1S/C20H19ClF2N2O5/c1-13(14-8-6-9-16(11-14)30-20(21,22)23)24-29-12-15-7-4-5-10-17(15)18(25-28-3)19(26)27-2/h4-11H,12H2,1-3H3. The van der Waals surface area contributed by atoms with Crippen LogP contribution in [0.1, 0.15) is 23.6 Å². The van der Waals surface area contributed by atoms with E-state index in [4.69, 9.17) is 26.0 Å². The third-order valence-electron chi connectivity index (χ3n) is 3.74. The van der Waals surface area contributed by atoms with E-state index in [2.05, 4.69) is 15.0 Å². The van der Waals surface area contributed by atoms with Crippen LogP contribution in [-0.4, -0.2) is 37.2 Å². The lowest BCUT2D eigenvalue weighted by Crippen LogP contribution is -2.19. The predicted molar refractivity (Wildman–Crippen MR) is 107 cm³/mol. The Morgan fingerprint density at radius 3 is 2.50 bits per heavy atom. The SMILES string of the molecule is CON=C(C(=O)OC)c1ccccc1CON=C(C)c1cccc(OC(F)(F)Cl)c1. The lowest BCUT2D eigenvalue weighted by atomic mass is 10.0. The van der Waals surface area contributed by atoms with Crippen LogP contribution in [0.3, 0.4) is 0 Å². The smallest absolute Gasteiger partial charge is 0.464 e. The fourth-order valence-corrected chi connectivity index (χ4v) is 2.52. The van der Waals surface area contributed by atoms with E-state index in [1.807, 2.05) is 0 Å². The molecule has 0 heterocycles. The van der Waals surface area contributed by atoms with Crippen molar-refractivity contribution >= 4 is 29.0 Å². The highest BCUT2D eigenvalue weighted by molar-refractivity contribution is 6.43. The lowest BCUT2D eigenvalue weighted by Gasteiger charge is -2.11. The van der Waals surface area contributed by atoms with Gasteiger partial charge in [-0.25, -0.2) is 4.79 Å². The van der Waals surface area contributed by atoms with Crippen molar-refractivity contribution in [2.45, 2.75) is 19.1 Å². The van der Waals surface area contributed by atoms with Gasteiger partial charge in [-0.05, 0) is 19.1 Å². The molecule has 7 nitrogen and oxygen atoms in total. The molecule has 160 valence electrons. The first-order chi connectivity index (χ1) is 14.2. The third kappa shape index (κ3) is 6.70. The Morgan fingerprint density at radius 1 is 1.10 bits per heavy atom. The normalized spacial score (nSPS) is 12.3. The molecule has 0 aliphatic heterocycles.